The molecule has 2 heteroatoms. The molecule has 40 heavy (non-hydrogen) atoms. The van der Waals surface area contributed by atoms with E-state index in [0.29, 0.717) is 0 Å². The van der Waals surface area contributed by atoms with E-state index in [-0.39, 0.29) is 0 Å². The van der Waals surface area contributed by atoms with Crippen LogP contribution in [-0.2, 0) is 0 Å². The van der Waals surface area contributed by atoms with E-state index in [2.05, 4.69) is 144 Å². The van der Waals surface area contributed by atoms with Crippen molar-refractivity contribution in [2.24, 2.45) is 0 Å². The zero-order valence-electron chi connectivity index (χ0n) is 21.6. The van der Waals surface area contributed by atoms with Crippen LogP contribution in [0.3, 0.4) is 0 Å². The fourth-order valence-corrected chi connectivity index (χ4v) is 7.91. The highest BCUT2D eigenvalue weighted by molar-refractivity contribution is 7.27. The Kier molecular flexibility index (Phi) is 4.55. The van der Waals surface area contributed by atoms with Crippen molar-refractivity contribution in [3.63, 3.8) is 0 Å². The second kappa shape index (κ2) is 8.29. The van der Waals surface area contributed by atoms with Crippen LogP contribution < -0.4 is 0 Å². The third-order valence-electron chi connectivity index (χ3n) is 8.37. The molecule has 7 aromatic carbocycles. The van der Waals surface area contributed by atoms with Gasteiger partial charge in [0.2, 0.25) is 0 Å². The van der Waals surface area contributed by atoms with Crippen LogP contribution >= 0.6 is 11.3 Å². The standard InChI is InChI=1S/C38H23NS/c1-2-10-24(11-3-1)25-18-21-27(22-19-25)39-32-16-8-6-14-29(32)34-31-23-20-26-12-4-5-13-28(26)35(31)38-36(37(34)39)30-15-7-9-17-33(30)40-38/h1-23H. The Morgan fingerprint density at radius 1 is 0.425 bits per heavy atom. The van der Waals surface area contributed by atoms with Crippen molar-refractivity contribution in [3.05, 3.63) is 140 Å². The summed E-state index contributed by atoms with van der Waals surface area (Å²) in [6.45, 7) is 0. The summed E-state index contributed by atoms with van der Waals surface area (Å²) in [5.74, 6) is 0. The first-order valence-corrected chi connectivity index (χ1v) is 14.5. The van der Waals surface area contributed by atoms with Gasteiger partial charge in [0.05, 0.1) is 11.0 Å². The normalized spacial score (nSPS) is 12.0. The Labute approximate surface area is 235 Å². The lowest BCUT2D eigenvalue weighted by Gasteiger charge is -2.12. The fraction of sp³-hybridized carbons (Fsp3) is 0. The molecule has 0 atom stereocenters. The summed E-state index contributed by atoms with van der Waals surface area (Å²) in [5, 5.41) is 10.6. The summed E-state index contributed by atoms with van der Waals surface area (Å²) in [6.07, 6.45) is 0. The van der Waals surface area contributed by atoms with Crippen LogP contribution in [0.2, 0.25) is 0 Å². The molecule has 0 N–H and O–H groups in total. The van der Waals surface area contributed by atoms with E-state index < -0.39 is 0 Å². The van der Waals surface area contributed by atoms with Gasteiger partial charge in [-0.05, 0) is 51.6 Å². The predicted molar refractivity (Wildman–Crippen MR) is 174 cm³/mol. The van der Waals surface area contributed by atoms with Crippen molar-refractivity contribution in [1.29, 1.82) is 0 Å². The van der Waals surface area contributed by atoms with Gasteiger partial charge in [-0.2, -0.15) is 0 Å². The molecule has 186 valence electrons. The Hall–Kier alpha value is -4.92. The molecule has 0 amide bonds. The molecule has 0 aliphatic heterocycles. The maximum absolute atomic E-state index is 2.50. The largest absolute Gasteiger partial charge is 0.309 e. The molecule has 0 unspecified atom stereocenters. The minimum Gasteiger partial charge on any atom is -0.309 e. The van der Waals surface area contributed by atoms with Gasteiger partial charge in [-0.1, -0.05) is 115 Å². The van der Waals surface area contributed by atoms with Gasteiger partial charge in [0.25, 0.3) is 0 Å². The van der Waals surface area contributed by atoms with E-state index in [1.165, 1.54) is 80.3 Å². The third-order valence-corrected chi connectivity index (χ3v) is 9.55. The van der Waals surface area contributed by atoms with Gasteiger partial charge in [0.15, 0.2) is 0 Å². The number of hydrogen-bond acceptors (Lipinski definition) is 1. The van der Waals surface area contributed by atoms with Crippen molar-refractivity contribution >= 4 is 74.9 Å². The molecular formula is C38H23NS. The van der Waals surface area contributed by atoms with Crippen LogP contribution in [0.15, 0.2) is 140 Å². The minimum atomic E-state index is 1.18. The minimum absolute atomic E-state index is 1.18. The van der Waals surface area contributed by atoms with Crippen molar-refractivity contribution in [2.45, 2.75) is 0 Å². The molecule has 0 bridgehead atoms. The van der Waals surface area contributed by atoms with Gasteiger partial charge in [-0.3, -0.25) is 0 Å². The Morgan fingerprint density at radius 2 is 1.10 bits per heavy atom. The number of fused-ring (bicyclic) bond motifs is 12. The van der Waals surface area contributed by atoms with Gasteiger partial charge in [-0.15, -0.1) is 11.3 Å². The third kappa shape index (κ3) is 2.97. The summed E-state index contributed by atoms with van der Waals surface area (Å²) < 4.78 is 5.19. The van der Waals surface area contributed by atoms with Gasteiger partial charge in [0, 0.05) is 42.0 Å². The smallest absolute Gasteiger partial charge is 0.0640 e. The molecule has 2 heterocycles. The first-order valence-electron chi connectivity index (χ1n) is 13.7. The summed E-state index contributed by atoms with van der Waals surface area (Å²) >= 11 is 1.92. The Morgan fingerprint density at radius 3 is 1.95 bits per heavy atom. The van der Waals surface area contributed by atoms with Crippen LogP contribution in [0, 0.1) is 0 Å². The number of benzene rings is 7. The first-order chi connectivity index (χ1) is 19.9. The summed E-state index contributed by atoms with van der Waals surface area (Å²) in [7, 11) is 0. The van der Waals surface area contributed by atoms with Crippen LogP contribution in [-0.4, -0.2) is 4.57 Å². The molecular weight excluding hydrogens is 502 g/mol. The average Bonchev–Trinajstić information content (AvgIpc) is 3.58. The lowest BCUT2D eigenvalue weighted by atomic mass is 9.95. The fourth-order valence-electron chi connectivity index (χ4n) is 6.63. The van der Waals surface area contributed by atoms with E-state index in [1.54, 1.807) is 0 Å². The molecule has 0 spiro atoms. The molecule has 0 fully saturated rings. The predicted octanol–water partition coefficient (Wildman–Crippen LogP) is 11.1. The highest BCUT2D eigenvalue weighted by atomic mass is 32.1. The maximum Gasteiger partial charge on any atom is 0.0640 e. The quantitative estimate of drug-likeness (QED) is 0.198. The van der Waals surface area contributed by atoms with Crippen molar-refractivity contribution < 1.29 is 0 Å². The topological polar surface area (TPSA) is 4.93 Å². The Bertz CT molecular complexity index is 2410. The van der Waals surface area contributed by atoms with Crippen LogP contribution in [0.5, 0.6) is 0 Å². The van der Waals surface area contributed by atoms with Crippen LogP contribution in [0.1, 0.15) is 0 Å². The van der Waals surface area contributed by atoms with E-state index in [0.717, 1.165) is 0 Å². The van der Waals surface area contributed by atoms with Crippen molar-refractivity contribution in [2.75, 3.05) is 0 Å². The molecule has 2 aromatic heterocycles. The second-order valence-electron chi connectivity index (χ2n) is 10.5. The molecule has 0 aliphatic carbocycles. The molecule has 0 saturated heterocycles. The van der Waals surface area contributed by atoms with E-state index in [1.807, 2.05) is 11.3 Å². The first kappa shape index (κ1) is 22.0. The molecule has 0 aliphatic rings. The maximum atomic E-state index is 2.50. The number of aromatic nitrogens is 1. The second-order valence-corrected chi connectivity index (χ2v) is 11.6. The van der Waals surface area contributed by atoms with Crippen molar-refractivity contribution in [3.8, 4) is 16.8 Å². The molecule has 0 radical (unpaired) electrons. The van der Waals surface area contributed by atoms with E-state index >= 15 is 0 Å². The van der Waals surface area contributed by atoms with Gasteiger partial charge >= 0.3 is 0 Å². The van der Waals surface area contributed by atoms with Gasteiger partial charge in [0.1, 0.15) is 0 Å². The van der Waals surface area contributed by atoms with Gasteiger partial charge in [-0.25, -0.2) is 0 Å². The number of nitrogens with zero attached hydrogens (tertiary/aromatic N) is 1. The summed E-state index contributed by atoms with van der Waals surface area (Å²) in [6, 6.07) is 50.9. The zero-order valence-corrected chi connectivity index (χ0v) is 22.5. The lowest BCUT2D eigenvalue weighted by Crippen LogP contribution is -1.94. The highest BCUT2D eigenvalue weighted by Gasteiger charge is 2.22. The molecule has 1 nitrogen and oxygen atoms in total. The van der Waals surface area contributed by atoms with Gasteiger partial charge < -0.3 is 4.57 Å². The van der Waals surface area contributed by atoms with E-state index in [4.69, 9.17) is 0 Å². The summed E-state index contributed by atoms with van der Waals surface area (Å²) in [4.78, 5) is 0. The Balaban J connectivity index is 1.51. The molecule has 9 rings (SSSR count). The van der Waals surface area contributed by atoms with Crippen LogP contribution in [0.4, 0.5) is 0 Å². The van der Waals surface area contributed by atoms with E-state index in [9.17, 15) is 0 Å². The summed E-state index contributed by atoms with van der Waals surface area (Å²) in [5.41, 5.74) is 6.18. The number of hydrogen-bond donors (Lipinski definition) is 0. The van der Waals surface area contributed by atoms with Crippen molar-refractivity contribution in [1.82, 2.24) is 4.57 Å². The number of thiophene rings is 1. The molecule has 0 saturated carbocycles. The number of rotatable bonds is 2. The SMILES string of the molecule is c1ccc(-c2ccc(-n3c4ccccc4c4c5ccc6ccccc6c5c5sc6ccccc6c5c43)cc2)cc1. The molecule has 9 aromatic rings. The average molecular weight is 526 g/mol. The van der Waals surface area contributed by atoms with Crippen LogP contribution in [0.25, 0.3) is 80.3 Å². The zero-order chi connectivity index (χ0) is 26.2. The monoisotopic (exact) mass is 525 g/mol. The lowest BCUT2D eigenvalue weighted by molar-refractivity contribution is 1.19. The highest BCUT2D eigenvalue weighted by Crippen LogP contribution is 2.49. The number of para-hydroxylation sites is 1.